The number of benzene rings is 1. The molecule has 0 aliphatic rings. The molecule has 0 aliphatic heterocycles. The van der Waals surface area contributed by atoms with Crippen molar-refractivity contribution in [3.8, 4) is 0 Å². The second-order valence-corrected chi connectivity index (χ2v) is 4.07. The minimum absolute atomic E-state index is 0.445. The highest BCUT2D eigenvalue weighted by Gasteiger charge is 2.12. The van der Waals surface area contributed by atoms with Crippen molar-refractivity contribution in [1.82, 2.24) is 0 Å². The Kier molecular flexibility index (Phi) is 3.62. The summed E-state index contributed by atoms with van der Waals surface area (Å²) >= 11 is 0. The van der Waals surface area contributed by atoms with Crippen molar-refractivity contribution >= 4 is 10.4 Å². The average Bonchev–Trinajstić information content (AvgIpc) is 2.02. The Morgan fingerprint density at radius 1 is 1.36 bits per heavy atom. The molecular weight excluding hydrogens is 204 g/mol. The van der Waals surface area contributed by atoms with E-state index in [0.717, 1.165) is 5.56 Å². The van der Waals surface area contributed by atoms with Crippen molar-refractivity contribution in [3.63, 3.8) is 0 Å². The predicted molar refractivity (Wildman–Crippen MR) is 52.2 cm³/mol. The average molecular weight is 216 g/mol. The van der Waals surface area contributed by atoms with Gasteiger partial charge in [-0.05, 0) is 18.9 Å². The van der Waals surface area contributed by atoms with E-state index in [-0.39, 0.29) is 0 Å². The van der Waals surface area contributed by atoms with Gasteiger partial charge in [0.15, 0.2) is 0 Å². The third kappa shape index (κ3) is 4.36. The Balaban J connectivity index is 2.54. The second kappa shape index (κ2) is 4.54. The van der Waals surface area contributed by atoms with E-state index in [1.807, 2.05) is 30.3 Å². The lowest BCUT2D eigenvalue weighted by molar-refractivity contribution is 0.198. The molecule has 0 bridgehead atoms. The van der Waals surface area contributed by atoms with Crippen LogP contribution in [0.2, 0.25) is 0 Å². The van der Waals surface area contributed by atoms with Gasteiger partial charge in [0.25, 0.3) is 0 Å². The largest absolute Gasteiger partial charge is 0.397 e. The standard InChI is InChI=1S/C9H12O4S/c1-8(13-14(10,11)12)7-9-5-3-2-4-6-9/h2-6,8H,7H2,1H3,(H,10,11,12)/t8-/m1/s1. The minimum atomic E-state index is -4.34. The summed E-state index contributed by atoms with van der Waals surface area (Å²) in [5, 5.41) is 0. The minimum Gasteiger partial charge on any atom is -0.264 e. The van der Waals surface area contributed by atoms with Crippen LogP contribution < -0.4 is 0 Å². The number of hydrogen-bond acceptors (Lipinski definition) is 3. The van der Waals surface area contributed by atoms with E-state index >= 15 is 0 Å². The van der Waals surface area contributed by atoms with Gasteiger partial charge in [0, 0.05) is 0 Å². The molecule has 0 amide bonds. The zero-order valence-electron chi connectivity index (χ0n) is 7.75. The molecule has 14 heavy (non-hydrogen) atoms. The van der Waals surface area contributed by atoms with Gasteiger partial charge in [0.05, 0.1) is 6.10 Å². The quantitative estimate of drug-likeness (QED) is 0.773. The van der Waals surface area contributed by atoms with Gasteiger partial charge in [0.2, 0.25) is 0 Å². The van der Waals surface area contributed by atoms with Crippen LogP contribution in [0.4, 0.5) is 0 Å². The molecule has 0 saturated carbocycles. The van der Waals surface area contributed by atoms with Crippen molar-refractivity contribution in [2.75, 3.05) is 0 Å². The van der Waals surface area contributed by atoms with Crippen LogP contribution in [0.1, 0.15) is 12.5 Å². The third-order valence-electron chi connectivity index (χ3n) is 1.65. The van der Waals surface area contributed by atoms with Crippen LogP contribution in [-0.2, 0) is 21.0 Å². The smallest absolute Gasteiger partial charge is 0.264 e. The van der Waals surface area contributed by atoms with Crippen LogP contribution in [0.25, 0.3) is 0 Å². The van der Waals surface area contributed by atoms with Gasteiger partial charge in [-0.1, -0.05) is 30.3 Å². The molecule has 1 aromatic rings. The van der Waals surface area contributed by atoms with Gasteiger partial charge in [-0.3, -0.25) is 4.55 Å². The van der Waals surface area contributed by atoms with Crippen molar-refractivity contribution < 1.29 is 17.2 Å². The van der Waals surface area contributed by atoms with Crippen molar-refractivity contribution in [2.24, 2.45) is 0 Å². The number of hydrogen-bond donors (Lipinski definition) is 1. The molecular formula is C9H12O4S. The second-order valence-electron chi connectivity index (χ2n) is 3.02. The first-order valence-corrected chi connectivity index (χ1v) is 5.53. The van der Waals surface area contributed by atoms with Gasteiger partial charge >= 0.3 is 10.4 Å². The fourth-order valence-electron chi connectivity index (χ4n) is 1.19. The maximum Gasteiger partial charge on any atom is 0.397 e. The van der Waals surface area contributed by atoms with Crippen LogP contribution in [-0.4, -0.2) is 19.1 Å². The van der Waals surface area contributed by atoms with Gasteiger partial charge in [-0.15, -0.1) is 0 Å². The fraction of sp³-hybridized carbons (Fsp3) is 0.333. The summed E-state index contributed by atoms with van der Waals surface area (Å²) in [4.78, 5) is 0. The lowest BCUT2D eigenvalue weighted by atomic mass is 10.1. The molecule has 1 aromatic carbocycles. The monoisotopic (exact) mass is 216 g/mol. The van der Waals surface area contributed by atoms with E-state index in [1.165, 1.54) is 0 Å². The molecule has 5 heteroatoms. The van der Waals surface area contributed by atoms with Gasteiger partial charge in [-0.25, -0.2) is 4.18 Å². The SMILES string of the molecule is C[C@H](Cc1ccccc1)OS(=O)(=O)O. The summed E-state index contributed by atoms with van der Waals surface area (Å²) in [5.41, 5.74) is 0.962. The molecule has 0 saturated heterocycles. The first-order chi connectivity index (χ1) is 6.47. The lowest BCUT2D eigenvalue weighted by Crippen LogP contribution is -2.16. The van der Waals surface area contributed by atoms with Gasteiger partial charge < -0.3 is 0 Å². The van der Waals surface area contributed by atoms with E-state index in [2.05, 4.69) is 4.18 Å². The molecule has 0 aliphatic carbocycles. The Morgan fingerprint density at radius 2 is 1.93 bits per heavy atom. The zero-order valence-corrected chi connectivity index (χ0v) is 8.57. The molecule has 1 rings (SSSR count). The van der Waals surface area contributed by atoms with Crippen molar-refractivity contribution in [2.45, 2.75) is 19.4 Å². The van der Waals surface area contributed by atoms with E-state index < -0.39 is 16.5 Å². The summed E-state index contributed by atoms with van der Waals surface area (Å²) in [6, 6.07) is 9.32. The summed E-state index contributed by atoms with van der Waals surface area (Å²) in [7, 11) is -4.34. The van der Waals surface area contributed by atoms with Gasteiger partial charge in [0.1, 0.15) is 0 Å². The summed E-state index contributed by atoms with van der Waals surface area (Å²) < 4.78 is 33.5. The topological polar surface area (TPSA) is 63.6 Å². The Morgan fingerprint density at radius 3 is 2.43 bits per heavy atom. The normalized spacial score (nSPS) is 13.9. The van der Waals surface area contributed by atoms with Crippen LogP contribution in [0.3, 0.4) is 0 Å². The van der Waals surface area contributed by atoms with Crippen LogP contribution in [0, 0.1) is 0 Å². The molecule has 4 nitrogen and oxygen atoms in total. The first-order valence-electron chi connectivity index (χ1n) is 4.17. The Labute approximate surface area is 83.5 Å². The molecule has 0 fully saturated rings. The molecule has 0 aromatic heterocycles. The Bertz CT molecular complexity index is 371. The molecule has 0 unspecified atom stereocenters. The highest BCUT2D eigenvalue weighted by Crippen LogP contribution is 2.07. The summed E-state index contributed by atoms with van der Waals surface area (Å²) in [5.74, 6) is 0. The van der Waals surface area contributed by atoms with Crippen LogP contribution in [0.15, 0.2) is 30.3 Å². The highest BCUT2D eigenvalue weighted by molar-refractivity contribution is 7.80. The first kappa shape index (κ1) is 11.2. The van der Waals surface area contributed by atoms with E-state index in [9.17, 15) is 8.42 Å². The van der Waals surface area contributed by atoms with Crippen LogP contribution in [0.5, 0.6) is 0 Å². The molecule has 0 heterocycles. The van der Waals surface area contributed by atoms with Crippen molar-refractivity contribution in [3.05, 3.63) is 35.9 Å². The fourth-order valence-corrected chi connectivity index (χ4v) is 1.67. The maximum atomic E-state index is 10.4. The molecule has 0 radical (unpaired) electrons. The van der Waals surface area contributed by atoms with Gasteiger partial charge in [-0.2, -0.15) is 8.42 Å². The summed E-state index contributed by atoms with van der Waals surface area (Å²) in [6.45, 7) is 1.58. The molecule has 78 valence electrons. The number of rotatable bonds is 4. The predicted octanol–water partition coefficient (Wildman–Crippen LogP) is 1.44. The zero-order chi connectivity index (χ0) is 10.6. The van der Waals surface area contributed by atoms with Crippen molar-refractivity contribution in [1.29, 1.82) is 0 Å². The molecule has 1 atom stereocenters. The highest BCUT2D eigenvalue weighted by atomic mass is 32.3. The molecule has 1 N–H and O–H groups in total. The molecule has 0 spiro atoms. The van der Waals surface area contributed by atoms with Crippen LogP contribution >= 0.6 is 0 Å². The van der Waals surface area contributed by atoms with E-state index in [0.29, 0.717) is 6.42 Å². The lowest BCUT2D eigenvalue weighted by Gasteiger charge is -2.09. The third-order valence-corrected chi connectivity index (χ3v) is 2.22. The van der Waals surface area contributed by atoms with E-state index in [4.69, 9.17) is 4.55 Å². The summed E-state index contributed by atoms with van der Waals surface area (Å²) in [6.07, 6.45) is -0.118. The Hall–Kier alpha value is -0.910. The van der Waals surface area contributed by atoms with E-state index in [1.54, 1.807) is 6.92 Å². The maximum absolute atomic E-state index is 10.4.